The molecule has 0 saturated heterocycles. The van der Waals surface area contributed by atoms with Crippen LogP contribution in [0.25, 0.3) is 6.08 Å². The van der Waals surface area contributed by atoms with Crippen molar-refractivity contribution in [3.63, 3.8) is 0 Å². The molecule has 6 heteroatoms. The van der Waals surface area contributed by atoms with Gasteiger partial charge >= 0.3 is 5.97 Å². The number of hydrogen-bond donors (Lipinski definition) is 2. The fraction of sp³-hybridized carbons (Fsp3) is 0.188. The number of hydrogen-bond acceptors (Lipinski definition) is 3. The summed E-state index contributed by atoms with van der Waals surface area (Å²) in [5.74, 6) is -1.48. The van der Waals surface area contributed by atoms with E-state index in [1.807, 2.05) is 20.9 Å². The van der Waals surface area contributed by atoms with Gasteiger partial charge in [0.25, 0.3) is 0 Å². The Kier molecular flexibility index (Phi) is 4.41. The van der Waals surface area contributed by atoms with Crippen LogP contribution in [0.4, 0.5) is 5.69 Å². The van der Waals surface area contributed by atoms with Crippen molar-refractivity contribution in [1.82, 2.24) is 9.78 Å². The predicted molar refractivity (Wildman–Crippen MR) is 83.7 cm³/mol. The molecule has 0 aliphatic heterocycles. The topological polar surface area (TPSA) is 84.2 Å². The Morgan fingerprint density at radius 3 is 2.55 bits per heavy atom. The molecule has 0 atom stereocenters. The van der Waals surface area contributed by atoms with Crippen LogP contribution in [0.1, 0.15) is 27.3 Å². The minimum atomic E-state index is -1.08. The Morgan fingerprint density at radius 2 is 1.95 bits per heavy atom. The fourth-order valence-electron chi connectivity index (χ4n) is 2.14. The van der Waals surface area contributed by atoms with Crippen molar-refractivity contribution in [2.75, 3.05) is 5.32 Å². The Hall–Kier alpha value is -2.89. The molecule has 0 radical (unpaired) electrons. The zero-order valence-corrected chi connectivity index (χ0v) is 12.6. The molecular weight excluding hydrogens is 282 g/mol. The van der Waals surface area contributed by atoms with Gasteiger partial charge in [0.15, 0.2) is 0 Å². The fourth-order valence-corrected chi connectivity index (χ4v) is 2.14. The first-order valence-corrected chi connectivity index (χ1v) is 6.71. The van der Waals surface area contributed by atoms with Crippen LogP contribution in [0.5, 0.6) is 0 Å². The number of amides is 1. The molecule has 0 saturated carbocycles. The highest BCUT2D eigenvalue weighted by Crippen LogP contribution is 2.16. The first-order valence-electron chi connectivity index (χ1n) is 6.71. The van der Waals surface area contributed by atoms with Crippen molar-refractivity contribution in [2.24, 2.45) is 7.05 Å². The van der Waals surface area contributed by atoms with Crippen LogP contribution < -0.4 is 5.32 Å². The van der Waals surface area contributed by atoms with Crippen LogP contribution in [0, 0.1) is 13.8 Å². The SMILES string of the molecule is Cc1nn(C)c(C)c1/C=C/C(=O)Nc1ccccc1C(=O)O. The Bertz CT molecular complexity index is 760. The maximum atomic E-state index is 12.0. The average molecular weight is 299 g/mol. The van der Waals surface area contributed by atoms with E-state index in [-0.39, 0.29) is 11.3 Å². The molecule has 22 heavy (non-hydrogen) atoms. The van der Waals surface area contributed by atoms with E-state index in [4.69, 9.17) is 5.11 Å². The maximum absolute atomic E-state index is 12.0. The lowest BCUT2D eigenvalue weighted by molar-refractivity contribution is -0.111. The third kappa shape index (κ3) is 3.22. The molecule has 0 aliphatic carbocycles. The molecule has 114 valence electrons. The van der Waals surface area contributed by atoms with Crippen molar-refractivity contribution in [1.29, 1.82) is 0 Å². The van der Waals surface area contributed by atoms with Crippen LogP contribution in [-0.2, 0) is 11.8 Å². The van der Waals surface area contributed by atoms with E-state index in [1.54, 1.807) is 29.0 Å². The Labute approximate surface area is 128 Å². The van der Waals surface area contributed by atoms with Gasteiger partial charge in [0, 0.05) is 24.4 Å². The summed E-state index contributed by atoms with van der Waals surface area (Å²) in [5, 5.41) is 15.9. The molecule has 1 amide bonds. The summed E-state index contributed by atoms with van der Waals surface area (Å²) in [6.45, 7) is 3.78. The highest BCUT2D eigenvalue weighted by Gasteiger charge is 2.11. The molecule has 0 aliphatic rings. The first kappa shape index (κ1) is 15.5. The Balaban J connectivity index is 2.17. The second-order valence-corrected chi connectivity index (χ2v) is 4.88. The van der Waals surface area contributed by atoms with Crippen LogP contribution in [0.3, 0.4) is 0 Å². The molecule has 6 nitrogen and oxygen atoms in total. The van der Waals surface area contributed by atoms with Gasteiger partial charge in [0.05, 0.1) is 16.9 Å². The minimum absolute atomic E-state index is 0.0537. The second kappa shape index (κ2) is 6.26. The number of rotatable bonds is 4. The monoisotopic (exact) mass is 299 g/mol. The second-order valence-electron chi connectivity index (χ2n) is 4.88. The van der Waals surface area contributed by atoms with Crippen molar-refractivity contribution < 1.29 is 14.7 Å². The van der Waals surface area contributed by atoms with E-state index in [0.717, 1.165) is 17.0 Å². The number of para-hydroxylation sites is 1. The van der Waals surface area contributed by atoms with Gasteiger partial charge < -0.3 is 10.4 Å². The summed E-state index contributed by atoms with van der Waals surface area (Å²) in [6, 6.07) is 6.27. The van der Waals surface area contributed by atoms with Gasteiger partial charge in [-0.3, -0.25) is 9.48 Å². The van der Waals surface area contributed by atoms with Crippen LogP contribution in [0.2, 0.25) is 0 Å². The van der Waals surface area contributed by atoms with Gasteiger partial charge in [-0.2, -0.15) is 5.10 Å². The number of carboxylic acids is 1. The van der Waals surface area contributed by atoms with E-state index in [0.29, 0.717) is 0 Å². The summed E-state index contributed by atoms with van der Waals surface area (Å²) in [7, 11) is 1.84. The molecule has 1 aromatic heterocycles. The number of carboxylic acid groups (broad SMARTS) is 1. The summed E-state index contributed by atoms with van der Waals surface area (Å²) in [4.78, 5) is 23.1. The number of benzene rings is 1. The van der Waals surface area contributed by atoms with Gasteiger partial charge in [-0.05, 0) is 32.1 Å². The molecular formula is C16H17N3O3. The number of carbonyl (C=O) groups is 2. The largest absolute Gasteiger partial charge is 0.478 e. The predicted octanol–water partition coefficient (Wildman–Crippen LogP) is 2.39. The molecule has 0 spiro atoms. The lowest BCUT2D eigenvalue weighted by Crippen LogP contribution is -2.11. The molecule has 1 aromatic carbocycles. The van der Waals surface area contributed by atoms with Gasteiger partial charge in [-0.1, -0.05) is 12.1 Å². The molecule has 0 fully saturated rings. The van der Waals surface area contributed by atoms with Crippen molar-refractivity contribution in [3.05, 3.63) is 52.9 Å². The standard InChI is InChI=1S/C16H17N3O3/c1-10-12(11(2)19(3)18-10)8-9-15(20)17-14-7-5-4-6-13(14)16(21)22/h4-9H,1-3H3,(H,17,20)(H,21,22)/b9-8+. The summed E-state index contributed by atoms with van der Waals surface area (Å²) in [6.07, 6.45) is 3.05. The number of anilines is 1. The summed E-state index contributed by atoms with van der Waals surface area (Å²) in [5.41, 5.74) is 2.98. The highest BCUT2D eigenvalue weighted by molar-refractivity contribution is 6.06. The highest BCUT2D eigenvalue weighted by atomic mass is 16.4. The summed E-state index contributed by atoms with van der Waals surface area (Å²) >= 11 is 0. The van der Waals surface area contributed by atoms with Gasteiger partial charge in [0.2, 0.25) is 5.91 Å². The van der Waals surface area contributed by atoms with Crippen molar-refractivity contribution in [2.45, 2.75) is 13.8 Å². The number of nitrogens with one attached hydrogen (secondary N) is 1. The quantitative estimate of drug-likeness (QED) is 0.849. The number of aryl methyl sites for hydroxylation is 2. The van der Waals surface area contributed by atoms with Crippen molar-refractivity contribution in [3.8, 4) is 0 Å². The molecule has 0 bridgehead atoms. The molecule has 1 heterocycles. The third-order valence-corrected chi connectivity index (χ3v) is 3.38. The molecule has 2 rings (SSSR count). The number of aromatic carboxylic acids is 1. The molecule has 2 aromatic rings. The van der Waals surface area contributed by atoms with E-state index in [2.05, 4.69) is 10.4 Å². The smallest absolute Gasteiger partial charge is 0.337 e. The zero-order chi connectivity index (χ0) is 16.3. The maximum Gasteiger partial charge on any atom is 0.337 e. The zero-order valence-electron chi connectivity index (χ0n) is 12.6. The van der Waals surface area contributed by atoms with Crippen molar-refractivity contribution >= 4 is 23.6 Å². The van der Waals surface area contributed by atoms with Crippen LogP contribution in [0.15, 0.2) is 30.3 Å². The number of nitrogens with zero attached hydrogens (tertiary/aromatic N) is 2. The van der Waals surface area contributed by atoms with E-state index < -0.39 is 11.9 Å². The average Bonchev–Trinajstić information content (AvgIpc) is 2.70. The van der Waals surface area contributed by atoms with E-state index in [9.17, 15) is 9.59 Å². The first-order chi connectivity index (χ1) is 10.4. The van der Waals surface area contributed by atoms with E-state index >= 15 is 0 Å². The third-order valence-electron chi connectivity index (χ3n) is 3.38. The van der Waals surface area contributed by atoms with Crippen LogP contribution >= 0.6 is 0 Å². The number of aromatic nitrogens is 2. The normalized spacial score (nSPS) is 10.9. The van der Waals surface area contributed by atoms with Gasteiger partial charge in [0.1, 0.15) is 0 Å². The lowest BCUT2D eigenvalue weighted by atomic mass is 10.1. The van der Waals surface area contributed by atoms with Crippen LogP contribution in [-0.4, -0.2) is 26.8 Å². The van der Waals surface area contributed by atoms with Gasteiger partial charge in [-0.25, -0.2) is 4.79 Å². The molecule has 0 unspecified atom stereocenters. The number of carbonyl (C=O) groups excluding carboxylic acids is 1. The summed E-state index contributed by atoms with van der Waals surface area (Å²) < 4.78 is 1.74. The molecule has 2 N–H and O–H groups in total. The lowest BCUT2D eigenvalue weighted by Gasteiger charge is -2.05. The minimum Gasteiger partial charge on any atom is -0.478 e. The van der Waals surface area contributed by atoms with E-state index in [1.165, 1.54) is 12.1 Å². The van der Waals surface area contributed by atoms with Gasteiger partial charge in [-0.15, -0.1) is 0 Å². The Morgan fingerprint density at radius 1 is 1.27 bits per heavy atom.